The van der Waals surface area contributed by atoms with Crippen molar-refractivity contribution in [3.05, 3.63) is 59.7 Å². The molecular formula is C20H20N2O5S. The molecule has 4 rings (SSSR count). The molecule has 2 heterocycles. The second kappa shape index (κ2) is 7.37. The van der Waals surface area contributed by atoms with E-state index in [-0.39, 0.29) is 17.2 Å². The van der Waals surface area contributed by atoms with Crippen LogP contribution < -0.4 is 5.32 Å². The molecule has 146 valence electrons. The Morgan fingerprint density at radius 1 is 1.11 bits per heavy atom. The van der Waals surface area contributed by atoms with Crippen molar-refractivity contribution in [3.8, 4) is 0 Å². The van der Waals surface area contributed by atoms with Crippen LogP contribution in [0.2, 0.25) is 0 Å². The average molecular weight is 400 g/mol. The zero-order valence-corrected chi connectivity index (χ0v) is 15.9. The molecule has 0 radical (unpaired) electrons. The Hall–Kier alpha value is -2.71. The van der Waals surface area contributed by atoms with Gasteiger partial charge >= 0.3 is 5.97 Å². The summed E-state index contributed by atoms with van der Waals surface area (Å²) < 4.78 is 32.1. The highest BCUT2D eigenvalue weighted by molar-refractivity contribution is 7.89. The molecule has 1 saturated heterocycles. The zero-order valence-electron chi connectivity index (χ0n) is 15.1. The van der Waals surface area contributed by atoms with Crippen LogP contribution in [0, 0.1) is 0 Å². The molecular weight excluding hydrogens is 380 g/mol. The maximum Gasteiger partial charge on any atom is 0.339 e. The van der Waals surface area contributed by atoms with Crippen molar-refractivity contribution in [1.82, 2.24) is 4.31 Å². The molecule has 0 saturated carbocycles. The van der Waals surface area contributed by atoms with Crippen LogP contribution in [-0.2, 0) is 19.6 Å². The van der Waals surface area contributed by atoms with Gasteiger partial charge in [-0.25, -0.2) is 13.2 Å². The first kappa shape index (κ1) is 18.6. The molecule has 8 heteroatoms. The van der Waals surface area contributed by atoms with Gasteiger partial charge in [-0.2, -0.15) is 4.31 Å². The highest BCUT2D eigenvalue weighted by Gasteiger charge is 2.32. The van der Waals surface area contributed by atoms with Crippen molar-refractivity contribution >= 4 is 27.6 Å². The Kier molecular flexibility index (Phi) is 4.91. The molecule has 2 aliphatic rings. The third-order valence-corrected chi connectivity index (χ3v) is 6.86. The topological polar surface area (TPSA) is 92.8 Å². The summed E-state index contributed by atoms with van der Waals surface area (Å²) in [5, 5.41) is 2.70. The van der Waals surface area contributed by atoms with Gasteiger partial charge in [-0.15, -0.1) is 0 Å². The lowest BCUT2D eigenvalue weighted by Gasteiger charge is -2.16. The van der Waals surface area contributed by atoms with E-state index in [4.69, 9.17) is 4.74 Å². The van der Waals surface area contributed by atoms with Crippen LogP contribution in [0.15, 0.2) is 53.4 Å². The van der Waals surface area contributed by atoms with Crippen molar-refractivity contribution in [2.24, 2.45) is 0 Å². The molecule has 0 aliphatic carbocycles. The summed E-state index contributed by atoms with van der Waals surface area (Å²) >= 11 is 0. The smallest absolute Gasteiger partial charge is 0.339 e. The number of rotatable bonds is 5. The minimum absolute atomic E-state index is 0.0359. The quantitative estimate of drug-likeness (QED) is 0.779. The number of hydrogen-bond acceptors (Lipinski definition) is 5. The second-order valence-electron chi connectivity index (χ2n) is 6.87. The fraction of sp³-hybridized carbons (Fsp3) is 0.300. The standard InChI is InChI=1S/C20H20N2O5S/c23-19(13-18-16-8-1-2-9-17(16)20(24)27-18)21-14-6-5-7-15(12-14)28(25,26)22-10-3-4-11-22/h1-2,5-9,12,18H,3-4,10-11,13H2,(H,21,23)/t18-/m1/s1. The first-order chi connectivity index (χ1) is 13.4. The molecule has 28 heavy (non-hydrogen) atoms. The van der Waals surface area contributed by atoms with E-state index >= 15 is 0 Å². The van der Waals surface area contributed by atoms with E-state index < -0.39 is 22.1 Å². The fourth-order valence-corrected chi connectivity index (χ4v) is 5.13. The van der Waals surface area contributed by atoms with Gasteiger partial charge in [0.15, 0.2) is 0 Å². The van der Waals surface area contributed by atoms with Gasteiger partial charge in [0.25, 0.3) is 0 Å². The first-order valence-corrected chi connectivity index (χ1v) is 10.6. The molecule has 0 unspecified atom stereocenters. The van der Waals surface area contributed by atoms with Gasteiger partial charge in [-0.3, -0.25) is 4.79 Å². The lowest BCUT2D eigenvalue weighted by molar-refractivity contribution is -0.118. The van der Waals surface area contributed by atoms with Gasteiger partial charge in [0.05, 0.1) is 16.9 Å². The minimum atomic E-state index is -3.55. The summed E-state index contributed by atoms with van der Waals surface area (Å²) in [6, 6.07) is 13.2. The van der Waals surface area contributed by atoms with Crippen LogP contribution in [0.5, 0.6) is 0 Å². The van der Waals surface area contributed by atoms with Crippen molar-refractivity contribution < 1.29 is 22.7 Å². The highest BCUT2D eigenvalue weighted by atomic mass is 32.2. The minimum Gasteiger partial charge on any atom is -0.453 e. The molecule has 1 fully saturated rings. The van der Waals surface area contributed by atoms with Crippen molar-refractivity contribution in [1.29, 1.82) is 0 Å². The number of amides is 1. The molecule has 2 aromatic carbocycles. The molecule has 2 aromatic rings. The lowest BCUT2D eigenvalue weighted by Crippen LogP contribution is -2.28. The summed E-state index contributed by atoms with van der Waals surface area (Å²) in [7, 11) is -3.55. The molecule has 7 nitrogen and oxygen atoms in total. The number of sulfonamides is 1. The molecule has 1 N–H and O–H groups in total. The van der Waals surface area contributed by atoms with Crippen LogP contribution in [-0.4, -0.2) is 37.7 Å². The van der Waals surface area contributed by atoms with Crippen LogP contribution in [0.3, 0.4) is 0 Å². The molecule has 0 bridgehead atoms. The van der Waals surface area contributed by atoms with E-state index in [1.807, 2.05) is 0 Å². The largest absolute Gasteiger partial charge is 0.453 e. The summed E-state index contributed by atoms with van der Waals surface area (Å²) in [6.45, 7) is 1.04. The first-order valence-electron chi connectivity index (χ1n) is 9.15. The molecule has 1 atom stereocenters. The number of ether oxygens (including phenoxy) is 1. The summed E-state index contributed by atoms with van der Waals surface area (Å²) in [5.41, 5.74) is 1.55. The number of esters is 1. The second-order valence-corrected chi connectivity index (χ2v) is 8.81. The Morgan fingerprint density at radius 2 is 1.86 bits per heavy atom. The van der Waals surface area contributed by atoms with E-state index in [0.717, 1.165) is 12.8 Å². The van der Waals surface area contributed by atoms with Gasteiger partial charge < -0.3 is 10.1 Å². The summed E-state index contributed by atoms with van der Waals surface area (Å²) in [6.07, 6.45) is 1.04. The number of hydrogen-bond donors (Lipinski definition) is 1. The van der Waals surface area contributed by atoms with Crippen LogP contribution in [0.1, 0.15) is 41.3 Å². The molecule has 0 spiro atoms. The summed E-state index contributed by atoms with van der Waals surface area (Å²) in [4.78, 5) is 24.5. The number of carbonyl (C=O) groups excluding carboxylic acids is 2. The van der Waals surface area contributed by atoms with Crippen LogP contribution in [0.4, 0.5) is 5.69 Å². The number of nitrogens with zero attached hydrogens (tertiary/aromatic N) is 1. The lowest BCUT2D eigenvalue weighted by atomic mass is 10.0. The van der Waals surface area contributed by atoms with Gasteiger partial charge in [0.1, 0.15) is 6.10 Å². The Morgan fingerprint density at radius 3 is 2.64 bits per heavy atom. The monoisotopic (exact) mass is 400 g/mol. The normalized spacial score (nSPS) is 19.3. The number of nitrogens with one attached hydrogen (secondary N) is 1. The van der Waals surface area contributed by atoms with Gasteiger partial charge in [0, 0.05) is 24.3 Å². The summed E-state index contributed by atoms with van der Waals surface area (Å²) in [5.74, 6) is -0.794. The van der Waals surface area contributed by atoms with E-state index in [1.165, 1.54) is 16.4 Å². The van der Waals surface area contributed by atoms with Gasteiger partial charge in [0.2, 0.25) is 15.9 Å². The van der Waals surface area contributed by atoms with Crippen LogP contribution in [0.25, 0.3) is 0 Å². The third-order valence-electron chi connectivity index (χ3n) is 4.97. The highest BCUT2D eigenvalue weighted by Crippen LogP contribution is 2.33. The SMILES string of the molecule is O=C(C[C@H]1OC(=O)c2ccccc21)Nc1cccc(S(=O)(=O)N2CCCC2)c1. The fourth-order valence-electron chi connectivity index (χ4n) is 3.56. The number of benzene rings is 2. The van der Waals surface area contributed by atoms with Crippen molar-refractivity contribution in [2.75, 3.05) is 18.4 Å². The maximum atomic E-state index is 12.7. The van der Waals surface area contributed by atoms with E-state index in [2.05, 4.69) is 5.32 Å². The predicted octanol–water partition coefficient (Wildman–Crippen LogP) is 2.71. The average Bonchev–Trinajstić information content (AvgIpc) is 3.32. The van der Waals surface area contributed by atoms with Crippen molar-refractivity contribution in [2.45, 2.75) is 30.3 Å². The Bertz CT molecular complexity index is 1030. The number of anilines is 1. The van der Waals surface area contributed by atoms with E-state index in [0.29, 0.717) is 29.9 Å². The van der Waals surface area contributed by atoms with E-state index in [1.54, 1.807) is 36.4 Å². The Balaban J connectivity index is 1.47. The van der Waals surface area contributed by atoms with Gasteiger partial charge in [-0.1, -0.05) is 24.3 Å². The molecule has 2 aliphatic heterocycles. The van der Waals surface area contributed by atoms with Crippen molar-refractivity contribution in [3.63, 3.8) is 0 Å². The van der Waals surface area contributed by atoms with E-state index in [9.17, 15) is 18.0 Å². The molecule has 1 amide bonds. The number of fused-ring (bicyclic) bond motifs is 1. The zero-order chi connectivity index (χ0) is 19.7. The molecule has 0 aromatic heterocycles. The number of cyclic esters (lactones) is 1. The Labute approximate surface area is 163 Å². The number of carbonyl (C=O) groups is 2. The van der Waals surface area contributed by atoms with Crippen LogP contribution >= 0.6 is 0 Å². The maximum absolute atomic E-state index is 12.7. The predicted molar refractivity (Wildman–Crippen MR) is 102 cm³/mol. The van der Waals surface area contributed by atoms with Gasteiger partial charge in [-0.05, 0) is 37.1 Å². The third kappa shape index (κ3) is 3.53.